The summed E-state index contributed by atoms with van der Waals surface area (Å²) >= 11 is 0. The molecule has 0 spiro atoms. The van der Waals surface area contributed by atoms with E-state index in [9.17, 15) is 13.2 Å². The Morgan fingerprint density at radius 2 is 1.63 bits per heavy atom. The van der Waals surface area contributed by atoms with E-state index in [0.717, 1.165) is 10.8 Å². The number of nitrogens with zero attached hydrogens (tertiary/aromatic N) is 1. The van der Waals surface area contributed by atoms with Crippen LogP contribution in [0.1, 0.15) is 12.8 Å². The van der Waals surface area contributed by atoms with Crippen molar-refractivity contribution in [1.29, 1.82) is 0 Å². The summed E-state index contributed by atoms with van der Waals surface area (Å²) in [7, 11) is -3.70. The zero-order chi connectivity index (χ0) is 18.9. The number of fused-ring (bicyclic) bond motifs is 1. The lowest BCUT2D eigenvalue weighted by Gasteiger charge is -2.23. The van der Waals surface area contributed by atoms with Gasteiger partial charge in [-0.15, -0.1) is 0 Å². The Kier molecular flexibility index (Phi) is 4.68. The lowest BCUT2D eigenvalue weighted by molar-refractivity contribution is -0.119. The molecule has 27 heavy (non-hydrogen) atoms. The lowest BCUT2D eigenvalue weighted by Crippen LogP contribution is -2.43. The lowest BCUT2D eigenvalue weighted by atomic mass is 10.1. The highest BCUT2D eigenvalue weighted by atomic mass is 32.2. The molecule has 138 valence electrons. The van der Waals surface area contributed by atoms with Crippen molar-refractivity contribution in [3.8, 4) is 0 Å². The fourth-order valence-electron chi connectivity index (χ4n) is 3.57. The third kappa shape index (κ3) is 3.34. The van der Waals surface area contributed by atoms with Crippen LogP contribution < -0.4 is 5.32 Å². The highest BCUT2D eigenvalue weighted by molar-refractivity contribution is 7.89. The summed E-state index contributed by atoms with van der Waals surface area (Å²) in [6.45, 7) is 0.352. The quantitative estimate of drug-likeness (QED) is 0.752. The minimum Gasteiger partial charge on any atom is -0.324 e. The van der Waals surface area contributed by atoms with E-state index in [1.54, 1.807) is 30.3 Å². The molecule has 3 aromatic rings. The molecule has 1 unspecified atom stereocenters. The van der Waals surface area contributed by atoms with Crippen molar-refractivity contribution in [3.05, 3.63) is 72.8 Å². The smallest absolute Gasteiger partial charge is 0.243 e. The van der Waals surface area contributed by atoms with E-state index in [1.807, 2.05) is 42.5 Å². The van der Waals surface area contributed by atoms with Gasteiger partial charge in [-0.1, -0.05) is 54.6 Å². The maximum absolute atomic E-state index is 13.0. The summed E-state index contributed by atoms with van der Waals surface area (Å²) in [4.78, 5) is 13.1. The number of benzene rings is 3. The van der Waals surface area contributed by atoms with Gasteiger partial charge in [-0.2, -0.15) is 4.31 Å². The average molecular weight is 380 g/mol. The molecular formula is C21H20N2O3S. The second-order valence-corrected chi connectivity index (χ2v) is 8.49. The number of carbonyl (C=O) groups is 1. The molecule has 0 saturated carbocycles. The highest BCUT2D eigenvalue weighted by Crippen LogP contribution is 2.28. The van der Waals surface area contributed by atoms with Gasteiger partial charge in [-0.3, -0.25) is 4.79 Å². The van der Waals surface area contributed by atoms with Gasteiger partial charge in [0.05, 0.1) is 4.90 Å². The van der Waals surface area contributed by atoms with Crippen LogP contribution in [0.4, 0.5) is 5.69 Å². The van der Waals surface area contributed by atoms with Crippen LogP contribution in [0, 0.1) is 0 Å². The molecule has 0 aliphatic carbocycles. The molecule has 3 aromatic carbocycles. The topological polar surface area (TPSA) is 66.5 Å². The molecule has 4 rings (SSSR count). The monoisotopic (exact) mass is 380 g/mol. The Bertz CT molecular complexity index is 1080. The van der Waals surface area contributed by atoms with Crippen LogP contribution in [0.3, 0.4) is 0 Å². The first-order valence-corrected chi connectivity index (χ1v) is 10.4. The maximum Gasteiger partial charge on any atom is 0.243 e. The minimum atomic E-state index is -3.70. The summed E-state index contributed by atoms with van der Waals surface area (Å²) in [6, 6.07) is 21.1. The van der Waals surface area contributed by atoms with E-state index in [0.29, 0.717) is 25.1 Å². The third-order valence-corrected chi connectivity index (χ3v) is 6.83. The summed E-state index contributed by atoms with van der Waals surface area (Å²) in [5, 5.41) is 4.89. The number of sulfonamides is 1. The second kappa shape index (κ2) is 7.13. The van der Waals surface area contributed by atoms with Crippen LogP contribution in [0.15, 0.2) is 77.7 Å². The van der Waals surface area contributed by atoms with Crippen molar-refractivity contribution in [3.63, 3.8) is 0 Å². The highest BCUT2D eigenvalue weighted by Gasteiger charge is 2.39. The SMILES string of the molecule is O=C(Nc1cccc2ccccc12)C1CCCN1S(=O)(=O)c1ccccc1. The predicted molar refractivity (Wildman–Crippen MR) is 106 cm³/mol. The Hall–Kier alpha value is -2.70. The van der Waals surface area contributed by atoms with Crippen LogP contribution in [0.2, 0.25) is 0 Å². The van der Waals surface area contributed by atoms with Crippen LogP contribution in [0.25, 0.3) is 10.8 Å². The number of nitrogens with one attached hydrogen (secondary N) is 1. The number of rotatable bonds is 4. The summed E-state index contributed by atoms with van der Waals surface area (Å²) < 4.78 is 27.2. The number of anilines is 1. The molecular weight excluding hydrogens is 360 g/mol. The van der Waals surface area contributed by atoms with Gasteiger partial charge >= 0.3 is 0 Å². The number of hydrogen-bond acceptors (Lipinski definition) is 3. The minimum absolute atomic E-state index is 0.217. The molecule has 1 saturated heterocycles. The van der Waals surface area contributed by atoms with Gasteiger partial charge < -0.3 is 5.32 Å². The van der Waals surface area contributed by atoms with Gasteiger partial charge in [0.1, 0.15) is 6.04 Å². The van der Waals surface area contributed by atoms with Gasteiger partial charge in [-0.25, -0.2) is 8.42 Å². The fourth-order valence-corrected chi connectivity index (χ4v) is 5.25. The van der Waals surface area contributed by atoms with Crippen molar-refractivity contribution in [2.45, 2.75) is 23.8 Å². The van der Waals surface area contributed by atoms with Crippen LogP contribution in [-0.4, -0.2) is 31.2 Å². The van der Waals surface area contributed by atoms with E-state index >= 15 is 0 Å². The van der Waals surface area contributed by atoms with Crippen LogP contribution in [0.5, 0.6) is 0 Å². The second-order valence-electron chi connectivity index (χ2n) is 6.60. The zero-order valence-corrected chi connectivity index (χ0v) is 15.5. The molecule has 0 radical (unpaired) electrons. The van der Waals surface area contributed by atoms with Gasteiger partial charge in [0.15, 0.2) is 0 Å². The number of carbonyl (C=O) groups excluding carboxylic acids is 1. The van der Waals surface area contributed by atoms with Crippen molar-refractivity contribution in [1.82, 2.24) is 4.31 Å². The standard InChI is InChI=1S/C21H20N2O3S/c24-21(22-19-13-6-9-16-8-4-5-12-18(16)19)20-14-7-15-23(20)27(25,26)17-10-2-1-3-11-17/h1-6,8-13,20H,7,14-15H2,(H,22,24). The van der Waals surface area contributed by atoms with Gasteiger partial charge in [0.25, 0.3) is 0 Å². The van der Waals surface area contributed by atoms with Crippen LogP contribution >= 0.6 is 0 Å². The average Bonchev–Trinajstić information content (AvgIpc) is 3.20. The molecule has 1 atom stereocenters. The molecule has 5 nitrogen and oxygen atoms in total. The summed E-state index contributed by atoms with van der Waals surface area (Å²) in [5.41, 5.74) is 0.696. The molecule has 1 amide bonds. The normalized spacial score (nSPS) is 17.9. The summed E-state index contributed by atoms with van der Waals surface area (Å²) in [5.74, 6) is -0.289. The molecule has 6 heteroatoms. The maximum atomic E-state index is 13.0. The van der Waals surface area contributed by atoms with Crippen LogP contribution in [-0.2, 0) is 14.8 Å². The fraction of sp³-hybridized carbons (Fsp3) is 0.190. The summed E-state index contributed by atoms with van der Waals surface area (Å²) in [6.07, 6.45) is 1.18. The number of amides is 1. The van der Waals surface area contributed by atoms with Crippen molar-refractivity contribution >= 4 is 32.4 Å². The first kappa shape index (κ1) is 17.7. The van der Waals surface area contributed by atoms with E-state index in [1.165, 1.54) is 4.31 Å². The number of hydrogen-bond donors (Lipinski definition) is 1. The van der Waals surface area contributed by atoms with E-state index < -0.39 is 16.1 Å². The van der Waals surface area contributed by atoms with E-state index in [2.05, 4.69) is 5.32 Å². The Morgan fingerprint density at radius 3 is 2.44 bits per heavy atom. The molecule has 1 heterocycles. The predicted octanol–water partition coefficient (Wildman–Crippen LogP) is 3.63. The van der Waals surface area contributed by atoms with Gasteiger partial charge in [0.2, 0.25) is 15.9 Å². The van der Waals surface area contributed by atoms with Crippen molar-refractivity contribution in [2.75, 3.05) is 11.9 Å². The largest absolute Gasteiger partial charge is 0.324 e. The first-order valence-electron chi connectivity index (χ1n) is 8.93. The molecule has 1 aliphatic rings. The van der Waals surface area contributed by atoms with Crippen molar-refractivity contribution < 1.29 is 13.2 Å². The van der Waals surface area contributed by atoms with Gasteiger partial charge in [-0.05, 0) is 36.4 Å². The van der Waals surface area contributed by atoms with Crippen molar-refractivity contribution in [2.24, 2.45) is 0 Å². The molecule has 1 aliphatic heterocycles. The molecule has 1 fully saturated rings. The Balaban J connectivity index is 1.61. The van der Waals surface area contributed by atoms with Gasteiger partial charge in [0, 0.05) is 17.6 Å². The molecule has 0 aromatic heterocycles. The Labute approximate surface area is 158 Å². The third-order valence-electron chi connectivity index (χ3n) is 4.90. The first-order chi connectivity index (χ1) is 13.1. The molecule has 1 N–H and O–H groups in total. The Morgan fingerprint density at radius 1 is 0.926 bits per heavy atom. The molecule has 0 bridgehead atoms. The van der Waals surface area contributed by atoms with E-state index in [-0.39, 0.29) is 10.8 Å². The van der Waals surface area contributed by atoms with E-state index in [4.69, 9.17) is 0 Å². The zero-order valence-electron chi connectivity index (χ0n) is 14.7.